The van der Waals surface area contributed by atoms with Gasteiger partial charge in [-0.2, -0.15) is 0 Å². The van der Waals surface area contributed by atoms with Gasteiger partial charge in [0, 0.05) is 11.6 Å². The SMILES string of the molecule is Cc1cccc(C(=O)Oc2ccccc2/C=C/C(=O)NNC(=O)c2ccccc2O)c1. The van der Waals surface area contributed by atoms with Gasteiger partial charge in [-0.25, -0.2) is 4.79 Å². The smallest absolute Gasteiger partial charge is 0.343 e. The van der Waals surface area contributed by atoms with E-state index in [9.17, 15) is 19.5 Å². The minimum Gasteiger partial charge on any atom is -0.507 e. The summed E-state index contributed by atoms with van der Waals surface area (Å²) in [5.74, 6) is -1.69. The lowest BCUT2D eigenvalue weighted by atomic mass is 10.1. The van der Waals surface area contributed by atoms with Crippen LogP contribution in [0.5, 0.6) is 11.5 Å². The summed E-state index contributed by atoms with van der Waals surface area (Å²) in [5, 5.41) is 9.67. The predicted molar refractivity (Wildman–Crippen MR) is 115 cm³/mol. The molecule has 0 aliphatic carbocycles. The first kappa shape index (κ1) is 21.3. The van der Waals surface area contributed by atoms with Gasteiger partial charge in [0.25, 0.3) is 11.8 Å². The van der Waals surface area contributed by atoms with Gasteiger partial charge in [0.2, 0.25) is 0 Å². The van der Waals surface area contributed by atoms with Crippen molar-refractivity contribution in [2.24, 2.45) is 0 Å². The van der Waals surface area contributed by atoms with Crippen molar-refractivity contribution >= 4 is 23.9 Å². The maximum absolute atomic E-state index is 12.4. The number of hydrazine groups is 1. The maximum Gasteiger partial charge on any atom is 0.343 e. The summed E-state index contributed by atoms with van der Waals surface area (Å²) in [4.78, 5) is 36.5. The molecule has 0 aliphatic rings. The predicted octanol–water partition coefficient (Wildman–Crippen LogP) is 3.39. The second-order valence-corrected chi connectivity index (χ2v) is 6.59. The number of phenols is 1. The molecule has 3 rings (SSSR count). The van der Waals surface area contributed by atoms with E-state index in [1.54, 1.807) is 54.6 Å². The van der Waals surface area contributed by atoms with Crippen molar-refractivity contribution in [2.75, 3.05) is 0 Å². The quantitative estimate of drug-likeness (QED) is 0.256. The van der Waals surface area contributed by atoms with E-state index in [1.807, 2.05) is 13.0 Å². The van der Waals surface area contributed by atoms with Crippen LogP contribution in [0, 0.1) is 6.92 Å². The van der Waals surface area contributed by atoms with Gasteiger partial charge < -0.3 is 9.84 Å². The largest absolute Gasteiger partial charge is 0.507 e. The van der Waals surface area contributed by atoms with Crippen molar-refractivity contribution in [2.45, 2.75) is 6.92 Å². The van der Waals surface area contributed by atoms with Crippen LogP contribution in [-0.4, -0.2) is 22.9 Å². The Morgan fingerprint density at radius 3 is 2.42 bits per heavy atom. The third-order valence-electron chi connectivity index (χ3n) is 4.24. The highest BCUT2D eigenvalue weighted by molar-refractivity contribution is 5.99. The van der Waals surface area contributed by atoms with E-state index in [0.29, 0.717) is 11.1 Å². The van der Waals surface area contributed by atoms with Crippen molar-refractivity contribution in [1.82, 2.24) is 10.9 Å². The summed E-state index contributed by atoms with van der Waals surface area (Å²) in [5.41, 5.74) is 6.33. The molecule has 0 atom stereocenters. The maximum atomic E-state index is 12.4. The first-order chi connectivity index (χ1) is 14.9. The van der Waals surface area contributed by atoms with E-state index >= 15 is 0 Å². The highest BCUT2D eigenvalue weighted by Crippen LogP contribution is 2.21. The number of carbonyl (C=O) groups is 3. The molecule has 0 spiro atoms. The summed E-state index contributed by atoms with van der Waals surface area (Å²) < 4.78 is 5.47. The molecule has 7 heteroatoms. The fraction of sp³-hybridized carbons (Fsp3) is 0.0417. The van der Waals surface area contributed by atoms with Crippen LogP contribution >= 0.6 is 0 Å². The number of para-hydroxylation sites is 2. The Morgan fingerprint density at radius 2 is 1.65 bits per heavy atom. The molecule has 3 N–H and O–H groups in total. The normalized spacial score (nSPS) is 10.5. The Labute approximate surface area is 179 Å². The molecule has 0 saturated carbocycles. The van der Waals surface area contributed by atoms with Crippen LogP contribution in [0.3, 0.4) is 0 Å². The van der Waals surface area contributed by atoms with Crippen LogP contribution < -0.4 is 15.6 Å². The number of benzene rings is 3. The molecule has 7 nitrogen and oxygen atoms in total. The number of carbonyl (C=O) groups excluding carboxylic acids is 3. The summed E-state index contributed by atoms with van der Waals surface area (Å²) in [6.45, 7) is 1.88. The van der Waals surface area contributed by atoms with Crippen LogP contribution in [-0.2, 0) is 4.79 Å². The standard InChI is InChI=1S/C24H20N2O5/c1-16-7-6-9-18(15-16)24(30)31-21-12-5-2-8-17(21)13-14-22(28)25-26-23(29)19-10-3-4-11-20(19)27/h2-15,27H,1H3,(H,25,28)(H,26,29)/b14-13+. The second kappa shape index (κ2) is 9.89. The number of aromatic hydroxyl groups is 1. The zero-order valence-corrected chi connectivity index (χ0v) is 16.7. The van der Waals surface area contributed by atoms with E-state index in [0.717, 1.165) is 5.56 Å². The van der Waals surface area contributed by atoms with Gasteiger partial charge in [-0.15, -0.1) is 0 Å². The Kier molecular flexibility index (Phi) is 6.80. The van der Waals surface area contributed by atoms with Gasteiger partial charge in [0.1, 0.15) is 11.5 Å². The van der Waals surface area contributed by atoms with Gasteiger partial charge in [0.05, 0.1) is 11.1 Å². The van der Waals surface area contributed by atoms with E-state index in [1.165, 1.54) is 24.3 Å². The van der Waals surface area contributed by atoms with Gasteiger partial charge in [0.15, 0.2) is 0 Å². The van der Waals surface area contributed by atoms with Gasteiger partial charge in [-0.3, -0.25) is 20.4 Å². The van der Waals surface area contributed by atoms with Gasteiger partial charge in [-0.1, -0.05) is 48.0 Å². The molecule has 0 bridgehead atoms. The molecule has 0 saturated heterocycles. The van der Waals surface area contributed by atoms with E-state index in [2.05, 4.69) is 10.9 Å². The molecular weight excluding hydrogens is 396 g/mol. The second-order valence-electron chi connectivity index (χ2n) is 6.59. The van der Waals surface area contributed by atoms with Crippen LogP contribution in [0.1, 0.15) is 31.8 Å². The van der Waals surface area contributed by atoms with Gasteiger partial charge >= 0.3 is 5.97 Å². The molecule has 3 aromatic carbocycles. The third kappa shape index (κ3) is 5.80. The third-order valence-corrected chi connectivity index (χ3v) is 4.24. The van der Waals surface area contributed by atoms with Crippen molar-refractivity contribution < 1.29 is 24.2 Å². The molecule has 0 fully saturated rings. The Balaban J connectivity index is 1.63. The number of phenolic OH excluding ortho intramolecular Hbond substituents is 1. The molecule has 2 amide bonds. The van der Waals surface area contributed by atoms with E-state index in [4.69, 9.17) is 4.74 Å². The zero-order chi connectivity index (χ0) is 22.2. The number of hydrogen-bond acceptors (Lipinski definition) is 5. The van der Waals surface area contributed by atoms with Crippen LogP contribution in [0.15, 0.2) is 78.9 Å². The van der Waals surface area contributed by atoms with E-state index < -0.39 is 17.8 Å². The molecule has 0 aromatic heterocycles. The molecular formula is C24H20N2O5. The first-order valence-electron chi connectivity index (χ1n) is 9.38. The topological polar surface area (TPSA) is 105 Å². The van der Waals surface area contributed by atoms with Crippen molar-refractivity contribution in [1.29, 1.82) is 0 Å². The molecule has 0 heterocycles. The lowest BCUT2D eigenvalue weighted by molar-refractivity contribution is -0.117. The monoisotopic (exact) mass is 416 g/mol. The molecule has 31 heavy (non-hydrogen) atoms. The number of hydrogen-bond donors (Lipinski definition) is 3. The van der Waals surface area contributed by atoms with E-state index in [-0.39, 0.29) is 17.1 Å². The molecule has 0 aliphatic heterocycles. The number of rotatable bonds is 5. The minimum atomic E-state index is -0.660. The molecule has 0 radical (unpaired) electrons. The fourth-order valence-corrected chi connectivity index (χ4v) is 2.70. The Bertz CT molecular complexity index is 1150. The van der Waals surface area contributed by atoms with Crippen molar-refractivity contribution in [3.63, 3.8) is 0 Å². The minimum absolute atomic E-state index is 0.0280. The lowest BCUT2D eigenvalue weighted by Crippen LogP contribution is -2.40. The highest BCUT2D eigenvalue weighted by Gasteiger charge is 2.12. The number of nitrogens with one attached hydrogen (secondary N) is 2. The van der Waals surface area contributed by atoms with Crippen LogP contribution in [0.4, 0.5) is 0 Å². The first-order valence-corrected chi connectivity index (χ1v) is 9.38. The average Bonchev–Trinajstić information content (AvgIpc) is 2.77. The fourth-order valence-electron chi connectivity index (χ4n) is 2.70. The number of ether oxygens (including phenoxy) is 1. The Hall–Kier alpha value is -4.39. The number of esters is 1. The summed E-state index contributed by atoms with van der Waals surface area (Å²) in [6.07, 6.45) is 2.64. The van der Waals surface area contributed by atoms with Crippen LogP contribution in [0.2, 0.25) is 0 Å². The zero-order valence-electron chi connectivity index (χ0n) is 16.7. The Morgan fingerprint density at radius 1 is 0.903 bits per heavy atom. The van der Waals surface area contributed by atoms with Crippen molar-refractivity contribution in [3.05, 3.63) is 101 Å². The average molecular weight is 416 g/mol. The number of aryl methyl sites for hydroxylation is 1. The number of amides is 2. The summed E-state index contributed by atoms with van der Waals surface area (Å²) >= 11 is 0. The molecule has 156 valence electrons. The highest BCUT2D eigenvalue weighted by atomic mass is 16.5. The van der Waals surface area contributed by atoms with Crippen LogP contribution in [0.25, 0.3) is 6.08 Å². The summed E-state index contributed by atoms with van der Waals surface area (Å²) in [7, 11) is 0. The molecule has 0 unspecified atom stereocenters. The van der Waals surface area contributed by atoms with Gasteiger partial charge in [-0.05, 0) is 43.3 Å². The summed E-state index contributed by atoms with van der Waals surface area (Å²) in [6, 6.07) is 19.7. The molecule has 3 aromatic rings. The van der Waals surface area contributed by atoms with Crippen molar-refractivity contribution in [3.8, 4) is 11.5 Å². The lowest BCUT2D eigenvalue weighted by Gasteiger charge is -2.08.